The predicted molar refractivity (Wildman–Crippen MR) is 165 cm³/mol. The van der Waals surface area contributed by atoms with Crippen LogP contribution >= 0.6 is 23.5 Å². The Morgan fingerprint density at radius 1 is 0.976 bits per heavy atom. The molecule has 0 atom stereocenters. The first-order valence-corrected chi connectivity index (χ1v) is 16.0. The quantitative estimate of drug-likeness (QED) is 0.101. The van der Waals surface area contributed by atoms with Crippen LogP contribution in [0.15, 0.2) is 99.1 Å². The Balaban J connectivity index is 1.32. The molecule has 0 spiro atoms. The van der Waals surface area contributed by atoms with Gasteiger partial charge in [0.05, 0.1) is 11.1 Å². The second kappa shape index (κ2) is 12.8. The van der Waals surface area contributed by atoms with E-state index in [0.717, 1.165) is 26.8 Å². The lowest BCUT2D eigenvalue weighted by atomic mass is 10.2. The minimum atomic E-state index is -4.05. The number of anilines is 3. The zero-order chi connectivity index (χ0) is 29.7. The Hall–Kier alpha value is -4.20. The normalized spacial score (nSPS) is 11.3. The second-order valence-electron chi connectivity index (χ2n) is 8.99. The van der Waals surface area contributed by atoms with E-state index in [9.17, 15) is 13.2 Å². The van der Waals surface area contributed by atoms with E-state index in [4.69, 9.17) is 4.18 Å². The number of fused-ring (bicyclic) bond motifs is 1. The summed E-state index contributed by atoms with van der Waals surface area (Å²) < 4.78 is 30.9. The van der Waals surface area contributed by atoms with Crippen LogP contribution in [0.2, 0.25) is 0 Å². The molecule has 3 aromatic carbocycles. The van der Waals surface area contributed by atoms with Gasteiger partial charge >= 0.3 is 10.1 Å². The van der Waals surface area contributed by atoms with Crippen LogP contribution < -0.4 is 14.8 Å². The molecule has 0 saturated heterocycles. The van der Waals surface area contributed by atoms with Gasteiger partial charge in [0.2, 0.25) is 5.91 Å². The SMILES string of the molecule is CCSc1ncc2c(Nc3cc(C)ccc3Sc3ccc(OS(=O)(=O)c4ccc(NC(C)=O)cc4)cc3)ncnc2n1. The largest absolute Gasteiger partial charge is 0.379 e. The summed E-state index contributed by atoms with van der Waals surface area (Å²) in [5, 5.41) is 7.40. The number of hydrogen-bond acceptors (Lipinski definition) is 11. The lowest BCUT2D eigenvalue weighted by Crippen LogP contribution is -2.10. The molecule has 2 heterocycles. The van der Waals surface area contributed by atoms with Gasteiger partial charge in [-0.1, -0.05) is 36.5 Å². The van der Waals surface area contributed by atoms with Crippen LogP contribution in [0, 0.1) is 6.92 Å². The molecule has 214 valence electrons. The molecule has 0 saturated carbocycles. The summed E-state index contributed by atoms with van der Waals surface area (Å²) in [6, 6.07) is 18.6. The van der Waals surface area contributed by atoms with Crippen molar-refractivity contribution in [2.45, 2.75) is 40.6 Å². The summed E-state index contributed by atoms with van der Waals surface area (Å²) in [5.41, 5.74) is 2.97. The van der Waals surface area contributed by atoms with Gasteiger partial charge in [-0.15, -0.1) is 0 Å². The van der Waals surface area contributed by atoms with Crippen LogP contribution in [0.4, 0.5) is 17.2 Å². The first-order valence-electron chi connectivity index (χ1n) is 12.8. The Labute approximate surface area is 251 Å². The van der Waals surface area contributed by atoms with Crippen molar-refractivity contribution in [1.29, 1.82) is 0 Å². The minimum absolute atomic E-state index is 0.0200. The maximum atomic E-state index is 12.8. The molecule has 0 aliphatic carbocycles. The van der Waals surface area contributed by atoms with Gasteiger partial charge in [0.15, 0.2) is 10.8 Å². The number of rotatable bonds is 10. The van der Waals surface area contributed by atoms with E-state index in [0.29, 0.717) is 27.7 Å². The summed E-state index contributed by atoms with van der Waals surface area (Å²) in [6.45, 7) is 5.43. The monoisotopic (exact) mass is 618 g/mol. The van der Waals surface area contributed by atoms with E-state index < -0.39 is 10.1 Å². The van der Waals surface area contributed by atoms with Crippen molar-refractivity contribution in [1.82, 2.24) is 19.9 Å². The van der Waals surface area contributed by atoms with Crippen molar-refractivity contribution in [3.8, 4) is 5.75 Å². The molecule has 2 N–H and O–H groups in total. The van der Waals surface area contributed by atoms with Gasteiger partial charge in [0.1, 0.15) is 22.8 Å². The Kier molecular flexibility index (Phi) is 8.90. The third kappa shape index (κ3) is 7.16. The molecule has 0 aliphatic heterocycles. The van der Waals surface area contributed by atoms with Crippen LogP contribution in [0.3, 0.4) is 0 Å². The number of amides is 1. The van der Waals surface area contributed by atoms with Crippen LogP contribution in [0.25, 0.3) is 11.0 Å². The summed E-state index contributed by atoms with van der Waals surface area (Å²) in [7, 11) is -4.05. The fraction of sp³-hybridized carbons (Fsp3) is 0.138. The van der Waals surface area contributed by atoms with Gasteiger partial charge in [-0.3, -0.25) is 4.79 Å². The van der Waals surface area contributed by atoms with E-state index in [1.54, 1.807) is 42.2 Å². The standard InChI is InChI=1S/C29H26N6O4S3/c1-4-40-29-30-16-24-27(31-17-32-28(24)35-29)34-25-15-18(2)5-14-26(25)41-22-10-8-21(9-11-22)39-42(37,38)23-12-6-20(7-13-23)33-19(3)36/h5-17H,4H2,1-3H3,(H,33,36)(H,30,31,32,34,35). The molecule has 1 amide bonds. The number of aryl methyl sites for hydroxylation is 1. The molecular formula is C29H26N6O4S3. The van der Waals surface area contributed by atoms with Gasteiger partial charge in [0, 0.05) is 28.6 Å². The molecule has 42 heavy (non-hydrogen) atoms. The van der Waals surface area contributed by atoms with Gasteiger partial charge in [0.25, 0.3) is 0 Å². The second-order valence-corrected chi connectivity index (χ2v) is 12.9. The number of nitrogens with one attached hydrogen (secondary N) is 2. The number of carbonyl (C=O) groups excluding carboxylic acids is 1. The molecule has 0 fully saturated rings. The average molecular weight is 619 g/mol. The first kappa shape index (κ1) is 29.3. The number of nitrogens with zero attached hydrogens (tertiary/aromatic N) is 4. The summed E-state index contributed by atoms with van der Waals surface area (Å²) in [4.78, 5) is 30.7. The number of aromatic nitrogens is 4. The van der Waals surface area contributed by atoms with Crippen molar-refractivity contribution >= 4 is 67.8 Å². The highest BCUT2D eigenvalue weighted by Crippen LogP contribution is 2.37. The highest BCUT2D eigenvalue weighted by molar-refractivity contribution is 7.99. The Morgan fingerprint density at radius 2 is 1.74 bits per heavy atom. The molecule has 2 aromatic heterocycles. The van der Waals surface area contributed by atoms with Crippen LogP contribution in [0.5, 0.6) is 5.75 Å². The highest BCUT2D eigenvalue weighted by atomic mass is 32.2. The molecule has 0 bridgehead atoms. The summed E-state index contributed by atoms with van der Waals surface area (Å²) >= 11 is 3.06. The van der Waals surface area contributed by atoms with Crippen LogP contribution in [-0.2, 0) is 14.9 Å². The zero-order valence-corrected chi connectivity index (χ0v) is 25.3. The summed E-state index contributed by atoms with van der Waals surface area (Å²) in [5.74, 6) is 1.40. The molecule has 5 rings (SSSR count). The van der Waals surface area contributed by atoms with E-state index in [-0.39, 0.29) is 16.6 Å². The van der Waals surface area contributed by atoms with Gasteiger partial charge < -0.3 is 14.8 Å². The van der Waals surface area contributed by atoms with Crippen LogP contribution in [0.1, 0.15) is 19.4 Å². The lowest BCUT2D eigenvalue weighted by Gasteiger charge is -2.14. The molecule has 0 radical (unpaired) electrons. The number of benzene rings is 3. The van der Waals surface area contributed by atoms with E-state index >= 15 is 0 Å². The van der Waals surface area contributed by atoms with Crippen molar-refractivity contribution in [2.75, 3.05) is 16.4 Å². The molecular weight excluding hydrogens is 593 g/mol. The zero-order valence-electron chi connectivity index (χ0n) is 22.9. The fourth-order valence-electron chi connectivity index (χ4n) is 3.86. The minimum Gasteiger partial charge on any atom is -0.379 e. The molecule has 5 aromatic rings. The highest BCUT2D eigenvalue weighted by Gasteiger charge is 2.17. The van der Waals surface area contributed by atoms with Crippen molar-refractivity contribution in [3.05, 3.63) is 84.8 Å². The fourth-order valence-corrected chi connectivity index (χ4v) is 6.21. The van der Waals surface area contributed by atoms with Gasteiger partial charge in [-0.2, -0.15) is 8.42 Å². The van der Waals surface area contributed by atoms with E-state index in [1.165, 1.54) is 49.3 Å². The van der Waals surface area contributed by atoms with Crippen molar-refractivity contribution in [2.24, 2.45) is 0 Å². The average Bonchev–Trinajstić information content (AvgIpc) is 2.95. The van der Waals surface area contributed by atoms with Crippen LogP contribution in [-0.4, -0.2) is 40.0 Å². The van der Waals surface area contributed by atoms with Crippen molar-refractivity contribution in [3.63, 3.8) is 0 Å². The molecule has 10 nitrogen and oxygen atoms in total. The number of carbonyl (C=O) groups is 1. The third-order valence-electron chi connectivity index (χ3n) is 5.75. The predicted octanol–water partition coefficient (Wildman–Crippen LogP) is 6.46. The molecule has 0 aliphatic rings. The summed E-state index contributed by atoms with van der Waals surface area (Å²) in [6.07, 6.45) is 3.21. The van der Waals surface area contributed by atoms with E-state index in [1.807, 2.05) is 32.0 Å². The topological polar surface area (TPSA) is 136 Å². The smallest absolute Gasteiger partial charge is 0.339 e. The molecule has 13 heteroatoms. The Bertz CT molecular complexity index is 1850. The van der Waals surface area contributed by atoms with E-state index in [2.05, 4.69) is 30.6 Å². The third-order valence-corrected chi connectivity index (χ3v) is 8.84. The van der Waals surface area contributed by atoms with Crippen molar-refractivity contribution < 1.29 is 17.4 Å². The lowest BCUT2D eigenvalue weighted by molar-refractivity contribution is -0.114. The number of hydrogen-bond donors (Lipinski definition) is 2. The van der Waals surface area contributed by atoms with Gasteiger partial charge in [-0.05, 0) is 78.9 Å². The molecule has 0 unspecified atom stereocenters. The maximum absolute atomic E-state index is 12.8. The van der Waals surface area contributed by atoms with Gasteiger partial charge in [-0.25, -0.2) is 19.9 Å². The Morgan fingerprint density at radius 3 is 2.45 bits per heavy atom. The number of thioether (sulfide) groups is 1. The first-order chi connectivity index (χ1) is 20.2. The maximum Gasteiger partial charge on any atom is 0.339 e.